The molecule has 0 saturated carbocycles. The van der Waals surface area contributed by atoms with E-state index in [1.54, 1.807) is 0 Å². The van der Waals surface area contributed by atoms with Crippen molar-refractivity contribution in [2.45, 2.75) is 6.82 Å². The van der Waals surface area contributed by atoms with E-state index >= 15 is 0 Å². The van der Waals surface area contributed by atoms with Crippen LogP contribution in [0.3, 0.4) is 0 Å². The third kappa shape index (κ3) is 6.88. The smallest absolute Gasteiger partial charge is 0.504 e. The number of aromatic hydroxyl groups is 7. The van der Waals surface area contributed by atoms with Gasteiger partial charge in [-0.15, -0.1) is 9.98 Å². The molecule has 0 aliphatic rings. The maximum atomic E-state index is 10.2. The second-order valence-corrected chi connectivity index (χ2v) is 5.22. The predicted molar refractivity (Wildman–Crippen MR) is 98.4 cm³/mol. The van der Waals surface area contributed by atoms with Gasteiger partial charge < -0.3 is 40.6 Å². The van der Waals surface area contributed by atoms with Crippen molar-refractivity contribution in [2.24, 2.45) is 47.3 Å². The second kappa shape index (κ2) is 13.5. The predicted octanol–water partition coefficient (Wildman–Crippen LogP) is 1.93. The zero-order chi connectivity index (χ0) is 27.2. The Labute approximate surface area is 199 Å². The third-order valence-electron chi connectivity index (χ3n) is 3.31. The van der Waals surface area contributed by atoms with Crippen molar-refractivity contribution in [3.05, 3.63) is 0 Å². The number of nitrogens with zero attached hydrogens (tertiary/aromatic N) is 9. The topological polar surface area (TPSA) is 336 Å². The van der Waals surface area contributed by atoms with Crippen LogP contribution in [0.25, 0.3) is 10.8 Å². The Morgan fingerprint density at radius 2 is 0.784 bits per heavy atom. The molecule has 0 fully saturated rings. The molecule has 198 valence electrons. The molecule has 26 heteroatoms. The van der Waals surface area contributed by atoms with Gasteiger partial charge in [-0.3, -0.25) is 0 Å². The van der Waals surface area contributed by atoms with Crippen molar-refractivity contribution in [1.29, 1.82) is 0 Å². The number of phenolic OH excluding ortho intramolecular Hbond substituents is 7. The van der Waals surface area contributed by atoms with Gasteiger partial charge >= 0.3 is 75.3 Å². The van der Waals surface area contributed by atoms with E-state index in [0.29, 0.717) is 0 Å². The molecule has 0 radical (unpaired) electrons. The van der Waals surface area contributed by atoms with Gasteiger partial charge in [0.2, 0.25) is 23.0 Å². The van der Waals surface area contributed by atoms with Gasteiger partial charge in [0.1, 0.15) is 10.6 Å². The maximum absolute atomic E-state index is 10.2. The zero-order valence-electron chi connectivity index (χ0n) is 17.4. The van der Waals surface area contributed by atoms with Crippen LogP contribution >= 0.6 is 0 Å². The first kappa shape index (κ1) is 27.0. The van der Waals surface area contributed by atoms with Gasteiger partial charge in [0.05, 0.1) is 16.1 Å². The van der Waals surface area contributed by atoms with Crippen LogP contribution in [0.15, 0.2) is 47.3 Å². The first-order valence-electron chi connectivity index (χ1n) is 8.46. The van der Waals surface area contributed by atoms with Crippen LogP contribution in [0.2, 0.25) is 6.82 Å². The van der Waals surface area contributed by atoms with Gasteiger partial charge in [-0.2, -0.15) is 0 Å². The van der Waals surface area contributed by atoms with Crippen molar-refractivity contribution in [3.63, 3.8) is 0 Å². The second-order valence-electron chi connectivity index (χ2n) is 5.22. The molecule has 0 atom stereocenters. The summed E-state index contributed by atoms with van der Waals surface area (Å²) in [6.07, 6.45) is 0. The first-order valence-corrected chi connectivity index (χ1v) is 8.46. The Hall–Kier alpha value is -6.24. The molecular weight excluding hydrogens is 525 g/mol. The molecule has 0 unspecified atom stereocenters. The minimum Gasteiger partial charge on any atom is -0.504 e. The van der Waals surface area contributed by atoms with Gasteiger partial charge in [-0.1, -0.05) is 0 Å². The minimum atomic E-state index is -1.25. The van der Waals surface area contributed by atoms with Gasteiger partial charge in [-0.25, -0.2) is 0 Å². The fraction of sp³-hybridized carbons (Fsp3) is 0.0909. The molecule has 7 N–H and O–H groups in total. The zero-order valence-corrected chi connectivity index (χ0v) is 17.4. The normalized spacial score (nSPS) is 11.4. The number of fused-ring (bicyclic) bond motifs is 1. The summed E-state index contributed by atoms with van der Waals surface area (Å²) in [5, 5.41) is 92.1. The summed E-state index contributed by atoms with van der Waals surface area (Å²) in [6.45, 7) is 1.54. The Balaban J connectivity index is 1.78. The van der Waals surface area contributed by atoms with Crippen molar-refractivity contribution >= 4 is 17.8 Å². The quantitative estimate of drug-likeness (QED) is 0.0345. The molecule has 0 spiro atoms. The average molecular weight is 535 g/mol. The van der Waals surface area contributed by atoms with E-state index < -0.39 is 56.8 Å². The Bertz CT molecular complexity index is 1220. The van der Waals surface area contributed by atoms with Gasteiger partial charge in [-0.05, 0) is 0 Å². The number of rotatable bonds is 14. The molecule has 25 nitrogen and oxygen atoms in total. The van der Waals surface area contributed by atoms with E-state index in [9.17, 15) is 35.7 Å². The summed E-state index contributed by atoms with van der Waals surface area (Å²) >= 11 is 0. The van der Waals surface area contributed by atoms with E-state index in [2.05, 4.69) is 92.0 Å². The van der Waals surface area contributed by atoms with E-state index in [-0.39, 0.29) is 0 Å². The Morgan fingerprint density at radius 1 is 0.432 bits per heavy atom. The molecular formula is C11H10BN9O16. The third-order valence-corrected chi connectivity index (χ3v) is 3.31. The molecule has 2 rings (SSSR count). The van der Waals surface area contributed by atoms with Crippen LogP contribution in [-0.2, 0) is 39.9 Å². The molecule has 0 amide bonds. The van der Waals surface area contributed by atoms with Crippen molar-refractivity contribution in [1.82, 2.24) is 0 Å². The fourth-order valence-electron chi connectivity index (χ4n) is 2.02. The minimum absolute atomic E-state index is 0.837. The molecule has 0 aliphatic heterocycles. The van der Waals surface area contributed by atoms with Crippen molar-refractivity contribution in [2.75, 3.05) is 0 Å². The van der Waals surface area contributed by atoms with Gasteiger partial charge in [0, 0.05) is 0 Å². The van der Waals surface area contributed by atoms with Crippen LogP contribution < -0.4 is 4.84 Å². The van der Waals surface area contributed by atoms with Crippen LogP contribution in [0.5, 0.6) is 46.0 Å². The number of phenols is 7. The molecule has 0 bridgehead atoms. The summed E-state index contributed by atoms with van der Waals surface area (Å²) < 4.78 is 0. The molecule has 0 aromatic heterocycles. The number of hydrogen-bond donors (Lipinski definition) is 7. The summed E-state index contributed by atoms with van der Waals surface area (Å²) in [5.41, 5.74) is 0. The van der Waals surface area contributed by atoms with Crippen LogP contribution in [0, 0.1) is 0 Å². The molecule has 0 aliphatic carbocycles. The van der Waals surface area contributed by atoms with E-state index in [1.165, 1.54) is 13.9 Å². The SMILES string of the molecule is C/B=N/OO/N=N/OO/N=N/OO/N=N/OO/N=N/Oc1c(O)c(O)c2c(O)c(O)c(O)c(O)c2c1O. The Morgan fingerprint density at radius 3 is 1.22 bits per heavy atom. The molecule has 37 heavy (non-hydrogen) atoms. The van der Waals surface area contributed by atoms with Crippen LogP contribution in [0.4, 0.5) is 0 Å². The van der Waals surface area contributed by atoms with E-state index in [0.717, 1.165) is 0 Å². The first-order chi connectivity index (χ1) is 17.8. The Kier molecular flexibility index (Phi) is 9.83. The van der Waals surface area contributed by atoms with Crippen LogP contribution in [0.1, 0.15) is 0 Å². The van der Waals surface area contributed by atoms with Gasteiger partial charge in [0.15, 0.2) is 23.0 Å². The van der Waals surface area contributed by atoms with E-state index in [1.807, 2.05) is 0 Å². The van der Waals surface area contributed by atoms with Crippen LogP contribution in [-0.4, -0.2) is 42.8 Å². The molecule has 2 aromatic carbocycles. The van der Waals surface area contributed by atoms with Crippen molar-refractivity contribution in [3.8, 4) is 46.0 Å². The summed E-state index contributed by atoms with van der Waals surface area (Å²) in [6, 6.07) is 0. The van der Waals surface area contributed by atoms with E-state index in [4.69, 9.17) is 0 Å². The molecule has 0 heterocycles. The molecule has 0 saturated heterocycles. The number of benzene rings is 2. The summed E-state index contributed by atoms with van der Waals surface area (Å²) in [7, 11) is 1.25. The molecule has 2 aromatic rings. The fourth-order valence-corrected chi connectivity index (χ4v) is 2.02. The standard InChI is InChI=1S/C11H10BN9O16/c1-12-13-30-31-16-17-34-35-20-21-37-36-19-18-33-32-15-14-29-11-7(25)3-2(6(24)10(11)28)4(22)8(26)9(27)5(3)23/h22-28H,1H3/b15-14+,17-16+,19-18+,21-20+. The summed E-state index contributed by atoms with van der Waals surface area (Å²) in [5.74, 6) is -9.49. The van der Waals surface area contributed by atoms with Crippen molar-refractivity contribution < 1.29 is 80.5 Å². The summed E-state index contributed by atoms with van der Waals surface area (Å²) in [4.78, 5) is 35.7. The monoisotopic (exact) mass is 535 g/mol. The van der Waals surface area contributed by atoms with Gasteiger partial charge in [0.25, 0.3) is 0 Å². The number of hydrogen-bond acceptors (Lipinski definition) is 25. The average Bonchev–Trinajstić information content (AvgIpc) is 2.89.